The molecule has 0 aliphatic carbocycles. The first-order chi connectivity index (χ1) is 13.1. The lowest BCUT2D eigenvalue weighted by Gasteiger charge is -2.24. The molecule has 0 amide bonds. The molecule has 5 rings (SSSR count). The van der Waals surface area contributed by atoms with Crippen LogP contribution in [0.1, 0.15) is 44.6 Å². The molecule has 1 aromatic rings. The minimum Gasteiger partial charge on any atom is -0.478 e. The molecule has 0 saturated carbocycles. The predicted octanol–water partition coefficient (Wildman–Crippen LogP) is 1.85. The highest BCUT2D eigenvalue weighted by Gasteiger charge is 2.36. The summed E-state index contributed by atoms with van der Waals surface area (Å²) in [5.74, 6) is -0.837. The molecule has 1 aromatic carbocycles. The van der Waals surface area contributed by atoms with E-state index >= 15 is 0 Å². The van der Waals surface area contributed by atoms with Crippen molar-refractivity contribution in [3.63, 3.8) is 0 Å². The van der Waals surface area contributed by atoms with Gasteiger partial charge in [0.2, 0.25) is 0 Å². The highest BCUT2D eigenvalue weighted by atomic mass is 16.6. The molecule has 146 valence electrons. The summed E-state index contributed by atoms with van der Waals surface area (Å²) in [6.45, 7) is 5.07. The van der Waals surface area contributed by atoms with E-state index in [9.17, 15) is 9.90 Å². The molecule has 6 heteroatoms. The van der Waals surface area contributed by atoms with E-state index < -0.39 is 5.97 Å². The van der Waals surface area contributed by atoms with Crippen molar-refractivity contribution in [2.45, 2.75) is 63.4 Å². The highest BCUT2D eigenvalue weighted by molar-refractivity contribution is 5.92. The molecule has 4 saturated heterocycles. The summed E-state index contributed by atoms with van der Waals surface area (Å²) in [6.07, 6.45) is 5.13. The monoisotopic (exact) mass is 374 g/mol. The lowest BCUT2D eigenvalue weighted by atomic mass is 9.80. The van der Waals surface area contributed by atoms with E-state index in [1.54, 1.807) is 0 Å². The first-order valence-electron chi connectivity index (χ1n) is 9.96. The molecule has 0 spiro atoms. The molecule has 4 fully saturated rings. The van der Waals surface area contributed by atoms with E-state index in [0.29, 0.717) is 18.1 Å². The van der Waals surface area contributed by atoms with Gasteiger partial charge in [0.25, 0.3) is 0 Å². The number of aromatic carboxylic acids is 1. The Morgan fingerprint density at radius 1 is 0.815 bits per heavy atom. The predicted molar refractivity (Wildman–Crippen MR) is 96.5 cm³/mol. The number of rotatable bonds is 10. The molecule has 4 aliphatic heterocycles. The average Bonchev–Trinajstić information content (AvgIpc) is 3.42. The van der Waals surface area contributed by atoms with Gasteiger partial charge in [0, 0.05) is 19.3 Å². The van der Waals surface area contributed by atoms with Gasteiger partial charge < -0.3 is 24.1 Å². The zero-order chi connectivity index (χ0) is 18.5. The summed E-state index contributed by atoms with van der Waals surface area (Å²) in [5, 5.41) is 10.0. The Kier molecular flexibility index (Phi) is 4.47. The van der Waals surface area contributed by atoms with Crippen molar-refractivity contribution in [3.8, 4) is 0 Å². The Balaban J connectivity index is 1.62. The van der Waals surface area contributed by atoms with Crippen LogP contribution in [0.4, 0.5) is 0 Å². The summed E-state index contributed by atoms with van der Waals surface area (Å²) in [7, 11) is 0. The van der Waals surface area contributed by atoms with Crippen molar-refractivity contribution in [2.75, 3.05) is 26.4 Å². The van der Waals surface area contributed by atoms with Gasteiger partial charge in [-0.15, -0.1) is 0 Å². The van der Waals surface area contributed by atoms with E-state index in [-0.39, 0.29) is 18.3 Å². The normalized spacial score (nSPS) is 30.3. The van der Waals surface area contributed by atoms with Gasteiger partial charge >= 0.3 is 5.97 Å². The van der Waals surface area contributed by atoms with Crippen molar-refractivity contribution >= 4 is 5.97 Å². The maximum absolute atomic E-state index is 12.2. The summed E-state index contributed by atoms with van der Waals surface area (Å²) in [4.78, 5) is 12.2. The van der Waals surface area contributed by atoms with Gasteiger partial charge in [-0.05, 0) is 47.6 Å². The lowest BCUT2D eigenvalue weighted by Crippen LogP contribution is -2.19. The molecule has 4 atom stereocenters. The number of ether oxygens (including phenoxy) is 4. The third-order valence-electron chi connectivity index (χ3n) is 6.06. The van der Waals surface area contributed by atoms with Crippen LogP contribution in [0.3, 0.4) is 0 Å². The molecular weight excluding hydrogens is 348 g/mol. The Morgan fingerprint density at radius 2 is 1.30 bits per heavy atom. The lowest BCUT2D eigenvalue weighted by molar-refractivity contribution is 0.0694. The van der Waals surface area contributed by atoms with E-state index in [1.165, 1.54) is 16.7 Å². The quantitative estimate of drug-likeness (QED) is 0.629. The van der Waals surface area contributed by atoms with Crippen molar-refractivity contribution < 1.29 is 28.8 Å². The van der Waals surface area contributed by atoms with Gasteiger partial charge in [0.1, 0.15) is 0 Å². The van der Waals surface area contributed by atoms with Gasteiger partial charge in [-0.2, -0.15) is 0 Å². The second kappa shape index (κ2) is 6.85. The summed E-state index contributed by atoms with van der Waals surface area (Å²) in [5.41, 5.74) is 6.02. The van der Waals surface area contributed by atoms with Crippen molar-refractivity contribution in [3.05, 3.63) is 33.4 Å². The Hall–Kier alpha value is -1.47. The minimum absolute atomic E-state index is 0.151. The van der Waals surface area contributed by atoms with E-state index in [0.717, 1.165) is 63.2 Å². The van der Waals surface area contributed by atoms with Crippen molar-refractivity contribution in [1.29, 1.82) is 0 Å². The van der Waals surface area contributed by atoms with Crippen LogP contribution in [-0.4, -0.2) is 61.9 Å². The molecule has 6 nitrogen and oxygen atoms in total. The van der Waals surface area contributed by atoms with Crippen LogP contribution in [0.2, 0.25) is 0 Å². The van der Waals surface area contributed by atoms with Gasteiger partial charge in [-0.1, -0.05) is 0 Å². The highest BCUT2D eigenvalue weighted by Crippen LogP contribution is 2.37. The zero-order valence-corrected chi connectivity index (χ0v) is 15.7. The van der Waals surface area contributed by atoms with Gasteiger partial charge in [-0.3, -0.25) is 0 Å². The van der Waals surface area contributed by atoms with Crippen LogP contribution in [0.25, 0.3) is 0 Å². The number of carbonyl (C=O) groups is 1. The number of hydrogen-bond acceptors (Lipinski definition) is 5. The Labute approximate surface area is 158 Å². The third kappa shape index (κ3) is 4.04. The Morgan fingerprint density at radius 3 is 1.78 bits per heavy atom. The maximum Gasteiger partial charge on any atom is 0.336 e. The Bertz CT molecular complexity index is 757. The zero-order valence-electron chi connectivity index (χ0n) is 15.7. The van der Waals surface area contributed by atoms with Crippen LogP contribution < -0.4 is 0 Å². The van der Waals surface area contributed by atoms with Crippen LogP contribution in [0.15, 0.2) is 0 Å². The number of carboxylic acid groups (broad SMARTS) is 1. The number of epoxide rings is 4. The van der Waals surface area contributed by atoms with E-state index in [2.05, 4.69) is 0 Å². The van der Waals surface area contributed by atoms with E-state index in [4.69, 9.17) is 18.9 Å². The number of benzene rings is 1. The van der Waals surface area contributed by atoms with Crippen LogP contribution in [0, 0.1) is 6.92 Å². The molecule has 4 aliphatic rings. The maximum atomic E-state index is 12.2. The minimum atomic E-state index is -0.837. The fraction of sp³-hybridized carbons (Fsp3) is 0.667. The average molecular weight is 374 g/mol. The molecule has 0 radical (unpaired) electrons. The third-order valence-corrected chi connectivity index (χ3v) is 6.06. The number of carboxylic acids is 1. The molecule has 0 aromatic heterocycles. The SMILES string of the molecule is Cc1c(CC2CO2)c(CCC2CO2)c(CC2CO2)c(CC2CO2)c1C(=O)O. The molecular formula is C21H26O6. The fourth-order valence-electron chi connectivity index (χ4n) is 4.24. The molecule has 0 bridgehead atoms. The molecule has 4 unspecified atom stereocenters. The second-order valence-electron chi connectivity index (χ2n) is 8.19. The smallest absolute Gasteiger partial charge is 0.336 e. The topological polar surface area (TPSA) is 87.4 Å². The largest absolute Gasteiger partial charge is 0.478 e. The van der Waals surface area contributed by atoms with Gasteiger partial charge in [0.15, 0.2) is 0 Å². The van der Waals surface area contributed by atoms with Crippen molar-refractivity contribution in [2.24, 2.45) is 0 Å². The standard InChI is InChI=1S/C21H26O6/c1-11-17(4-13-8-25-13)16(3-2-12-7-24-12)18(5-14-9-26-14)19(6-15-10-27-15)20(11)21(22)23/h12-15H,2-10H2,1H3,(H,22,23). The summed E-state index contributed by atoms with van der Waals surface area (Å²) in [6, 6.07) is 0. The first-order valence-corrected chi connectivity index (χ1v) is 9.96. The summed E-state index contributed by atoms with van der Waals surface area (Å²) < 4.78 is 21.9. The second-order valence-corrected chi connectivity index (χ2v) is 8.19. The fourth-order valence-corrected chi connectivity index (χ4v) is 4.24. The number of hydrogen-bond donors (Lipinski definition) is 1. The van der Waals surface area contributed by atoms with Crippen LogP contribution in [-0.2, 0) is 44.6 Å². The van der Waals surface area contributed by atoms with Gasteiger partial charge in [-0.25, -0.2) is 4.79 Å². The van der Waals surface area contributed by atoms with E-state index in [1.807, 2.05) is 6.92 Å². The van der Waals surface area contributed by atoms with Crippen LogP contribution in [0.5, 0.6) is 0 Å². The van der Waals surface area contributed by atoms with Gasteiger partial charge in [0.05, 0.1) is 56.4 Å². The van der Waals surface area contributed by atoms with Crippen LogP contribution >= 0.6 is 0 Å². The van der Waals surface area contributed by atoms with Crippen molar-refractivity contribution in [1.82, 2.24) is 0 Å². The molecule has 27 heavy (non-hydrogen) atoms. The first kappa shape index (κ1) is 17.6. The summed E-state index contributed by atoms with van der Waals surface area (Å²) >= 11 is 0. The molecule has 4 heterocycles. The molecule has 1 N–H and O–H groups in total.